The van der Waals surface area contributed by atoms with Gasteiger partial charge in [-0.1, -0.05) is 84.2 Å². The highest BCUT2D eigenvalue weighted by Gasteiger charge is 2.26. The van der Waals surface area contributed by atoms with Gasteiger partial charge in [0.15, 0.2) is 6.17 Å². The van der Waals surface area contributed by atoms with E-state index in [1.54, 1.807) is 0 Å². The van der Waals surface area contributed by atoms with E-state index >= 15 is 0 Å². The molecule has 32 heavy (non-hydrogen) atoms. The second-order valence-corrected chi connectivity index (χ2v) is 8.10. The molecule has 0 aliphatic rings. The summed E-state index contributed by atoms with van der Waals surface area (Å²) in [6, 6.07) is 34.8. The first kappa shape index (κ1) is 18.7. The van der Waals surface area contributed by atoms with Crippen LogP contribution in [0.3, 0.4) is 0 Å². The van der Waals surface area contributed by atoms with Crippen LogP contribution in [0.5, 0.6) is 0 Å². The lowest BCUT2D eigenvalue weighted by Crippen LogP contribution is -2.31. The van der Waals surface area contributed by atoms with Gasteiger partial charge in [0.05, 0.1) is 16.6 Å². The molecule has 5 nitrogen and oxygen atoms in total. The third-order valence-corrected chi connectivity index (χ3v) is 6.06. The van der Waals surface area contributed by atoms with Crippen LogP contribution in [0.15, 0.2) is 103 Å². The fraction of sp³-hybridized carbons (Fsp3) is 0.0385. The van der Waals surface area contributed by atoms with Gasteiger partial charge < -0.3 is 9.88 Å². The highest BCUT2D eigenvalue weighted by Crippen LogP contribution is 2.33. The lowest BCUT2D eigenvalue weighted by atomic mass is 10.2. The topological polar surface area (TPSA) is 47.7 Å². The molecule has 0 saturated carbocycles. The normalized spacial score (nSPS) is 12.4. The molecule has 1 atom stereocenters. The molecule has 1 N–H and O–H groups in total. The molecule has 6 heteroatoms. The lowest BCUT2D eigenvalue weighted by molar-refractivity contribution is 0.524. The molecule has 0 spiro atoms. The molecule has 2 aromatic heterocycles. The first-order valence-electron chi connectivity index (χ1n) is 10.4. The van der Waals surface area contributed by atoms with Crippen molar-refractivity contribution < 1.29 is 0 Å². The van der Waals surface area contributed by atoms with Crippen LogP contribution >= 0.6 is 12.2 Å². The van der Waals surface area contributed by atoms with E-state index < -0.39 is 6.17 Å². The number of anilines is 1. The van der Waals surface area contributed by atoms with E-state index in [4.69, 9.17) is 12.2 Å². The van der Waals surface area contributed by atoms with Crippen molar-refractivity contribution in [2.75, 3.05) is 5.32 Å². The maximum Gasteiger partial charge on any atom is 0.181 e. The minimum absolute atomic E-state index is 0.401. The van der Waals surface area contributed by atoms with Gasteiger partial charge in [0.2, 0.25) is 0 Å². The number of para-hydroxylation sites is 4. The van der Waals surface area contributed by atoms with Crippen LogP contribution in [-0.4, -0.2) is 24.5 Å². The molecular weight excluding hydrogens is 414 g/mol. The van der Waals surface area contributed by atoms with E-state index in [9.17, 15) is 0 Å². The number of rotatable bonds is 4. The Balaban J connectivity index is 1.63. The third-order valence-electron chi connectivity index (χ3n) is 5.75. The van der Waals surface area contributed by atoms with Crippen LogP contribution in [-0.2, 0) is 0 Å². The Bertz CT molecular complexity index is 1530. The monoisotopic (exact) mass is 433 g/mol. The van der Waals surface area contributed by atoms with E-state index in [-0.39, 0.29) is 0 Å². The largest absolute Gasteiger partial charge is 0.347 e. The second kappa shape index (κ2) is 7.59. The molecule has 6 rings (SSSR count). The second-order valence-electron chi connectivity index (χ2n) is 7.66. The summed E-state index contributed by atoms with van der Waals surface area (Å²) in [6.07, 6.45) is -0.401. The summed E-state index contributed by atoms with van der Waals surface area (Å²) in [5.74, 6) is 0. The minimum atomic E-state index is -0.401. The van der Waals surface area contributed by atoms with Crippen molar-refractivity contribution in [3.8, 4) is 0 Å². The van der Waals surface area contributed by atoms with E-state index in [1.165, 1.54) is 10.8 Å². The number of thiocarbonyl (C=S) groups is 1. The minimum Gasteiger partial charge on any atom is -0.347 e. The zero-order valence-corrected chi connectivity index (χ0v) is 17.9. The number of benzene rings is 4. The van der Waals surface area contributed by atoms with Gasteiger partial charge in [0, 0.05) is 16.5 Å². The summed E-state index contributed by atoms with van der Waals surface area (Å²) in [6.45, 7) is 0. The van der Waals surface area contributed by atoms with Crippen molar-refractivity contribution in [3.05, 3.63) is 103 Å². The van der Waals surface area contributed by atoms with E-state index in [1.807, 2.05) is 59.3 Å². The van der Waals surface area contributed by atoms with E-state index in [0.29, 0.717) is 4.99 Å². The zero-order chi connectivity index (χ0) is 21.5. The maximum atomic E-state index is 6.02. The molecule has 0 fully saturated rings. The summed E-state index contributed by atoms with van der Waals surface area (Å²) < 4.78 is 4.16. The molecule has 0 amide bonds. The van der Waals surface area contributed by atoms with Gasteiger partial charge in [-0.15, -0.1) is 5.10 Å². The molecule has 0 aliphatic carbocycles. The number of hydrogen-bond donors (Lipinski definition) is 1. The molecule has 1 unspecified atom stereocenters. The summed E-state index contributed by atoms with van der Waals surface area (Å²) >= 11 is 6.02. The molecule has 0 aliphatic heterocycles. The van der Waals surface area contributed by atoms with Crippen LogP contribution in [0, 0.1) is 0 Å². The van der Waals surface area contributed by atoms with Gasteiger partial charge >= 0.3 is 0 Å². The van der Waals surface area contributed by atoms with Crippen LogP contribution in [0.4, 0.5) is 5.69 Å². The summed E-state index contributed by atoms with van der Waals surface area (Å²) in [7, 11) is 0. The quantitative estimate of drug-likeness (QED) is 0.345. The fourth-order valence-corrected chi connectivity index (χ4v) is 4.67. The van der Waals surface area contributed by atoms with Gasteiger partial charge in [0.25, 0.3) is 0 Å². The summed E-state index contributed by atoms with van der Waals surface area (Å²) in [5, 5.41) is 14.8. The number of aromatic nitrogens is 4. The average Bonchev–Trinajstić information content (AvgIpc) is 3.41. The molecular formula is C26H19N5S. The average molecular weight is 434 g/mol. The van der Waals surface area contributed by atoms with Gasteiger partial charge in [-0.25, -0.2) is 4.68 Å². The number of nitrogens with one attached hydrogen (secondary N) is 1. The van der Waals surface area contributed by atoms with Gasteiger partial charge in [0.1, 0.15) is 10.5 Å². The molecule has 0 bridgehead atoms. The standard InChI is InChI=1S/C26H19N5S/c32-25(27-18-10-2-1-3-11-18)26(31-24-17-9-6-14-21(24)28-29-31)30-22-15-7-4-12-19(22)20-13-5-8-16-23(20)30/h1-17,26H,(H,27,32). The molecule has 4 aromatic carbocycles. The molecule has 6 aromatic rings. The van der Waals surface area contributed by atoms with Crippen molar-refractivity contribution in [2.24, 2.45) is 0 Å². The first-order chi connectivity index (χ1) is 15.8. The SMILES string of the molecule is S=C(Nc1ccccc1)C(n1nnc2ccccc21)n1c2ccccc2c2ccccc21. The predicted molar refractivity (Wildman–Crippen MR) is 134 cm³/mol. The third kappa shape index (κ3) is 2.96. The highest BCUT2D eigenvalue weighted by atomic mass is 32.1. The lowest BCUT2D eigenvalue weighted by Gasteiger charge is -2.24. The Morgan fingerprint density at radius 3 is 1.94 bits per heavy atom. The molecule has 0 radical (unpaired) electrons. The van der Waals surface area contributed by atoms with Crippen LogP contribution in [0.1, 0.15) is 6.17 Å². The van der Waals surface area contributed by atoms with E-state index in [2.05, 4.69) is 68.7 Å². The van der Waals surface area contributed by atoms with Crippen molar-refractivity contribution in [3.63, 3.8) is 0 Å². The Morgan fingerprint density at radius 1 is 0.688 bits per heavy atom. The molecule has 0 saturated heterocycles. The molecule has 154 valence electrons. The van der Waals surface area contributed by atoms with Gasteiger partial charge in [-0.05, 0) is 36.4 Å². The van der Waals surface area contributed by atoms with E-state index in [0.717, 1.165) is 27.8 Å². The van der Waals surface area contributed by atoms with Gasteiger partial charge in [-0.3, -0.25) is 0 Å². The van der Waals surface area contributed by atoms with Crippen molar-refractivity contribution in [2.45, 2.75) is 6.17 Å². The fourth-order valence-electron chi connectivity index (χ4n) is 4.35. The number of fused-ring (bicyclic) bond motifs is 4. The number of nitrogens with zero attached hydrogens (tertiary/aromatic N) is 4. The van der Waals surface area contributed by atoms with Crippen molar-refractivity contribution in [1.82, 2.24) is 19.6 Å². The van der Waals surface area contributed by atoms with Crippen molar-refractivity contribution >= 4 is 55.7 Å². The maximum absolute atomic E-state index is 6.02. The first-order valence-corrected chi connectivity index (χ1v) is 10.9. The van der Waals surface area contributed by atoms with Crippen molar-refractivity contribution in [1.29, 1.82) is 0 Å². The Hall–Kier alpha value is -4.03. The summed E-state index contributed by atoms with van der Waals surface area (Å²) in [4.78, 5) is 0.637. The number of hydrogen-bond acceptors (Lipinski definition) is 3. The van der Waals surface area contributed by atoms with Crippen LogP contribution < -0.4 is 5.32 Å². The summed E-state index contributed by atoms with van der Waals surface area (Å²) in [5.41, 5.74) is 4.89. The van der Waals surface area contributed by atoms with Gasteiger partial charge in [-0.2, -0.15) is 0 Å². The molecule has 2 heterocycles. The van der Waals surface area contributed by atoms with Crippen LogP contribution in [0.25, 0.3) is 32.8 Å². The zero-order valence-electron chi connectivity index (χ0n) is 17.1. The Morgan fingerprint density at radius 2 is 1.25 bits per heavy atom. The predicted octanol–water partition coefficient (Wildman–Crippen LogP) is 6.03. The highest BCUT2D eigenvalue weighted by molar-refractivity contribution is 7.80. The Kier molecular flexibility index (Phi) is 4.44. The smallest absolute Gasteiger partial charge is 0.181 e. The van der Waals surface area contributed by atoms with Crippen LogP contribution in [0.2, 0.25) is 0 Å². The Labute approximate surface area is 189 Å².